The fraction of sp³-hybridized carbons (Fsp3) is 0.125. The highest BCUT2D eigenvalue weighted by Gasteiger charge is 2.14. The number of rotatable bonds is 4. The molecule has 0 aliphatic rings. The van der Waals surface area contributed by atoms with Gasteiger partial charge in [0.15, 0.2) is 9.84 Å². The van der Waals surface area contributed by atoms with E-state index in [2.05, 4.69) is 10.3 Å². The lowest BCUT2D eigenvalue weighted by atomic mass is 10.1. The molecule has 1 N–H and O–H groups in total. The van der Waals surface area contributed by atoms with E-state index in [4.69, 9.17) is 0 Å². The van der Waals surface area contributed by atoms with Gasteiger partial charge in [0.05, 0.1) is 21.5 Å². The average Bonchev–Trinajstić information content (AvgIpc) is 2.75. The van der Waals surface area contributed by atoms with Gasteiger partial charge in [0.1, 0.15) is 5.82 Å². The maximum Gasteiger partial charge on any atom is 0.265 e. The molecule has 0 radical (unpaired) electrons. The first-order chi connectivity index (χ1) is 15.1. The molecule has 0 atom stereocenters. The summed E-state index contributed by atoms with van der Waals surface area (Å²) in [6.45, 7) is 3.54. The average molecular weight is 448 g/mol. The topological polar surface area (TPSA) is 98.1 Å². The van der Waals surface area contributed by atoms with Gasteiger partial charge in [0.2, 0.25) is 0 Å². The first-order valence-electron chi connectivity index (χ1n) is 9.86. The van der Waals surface area contributed by atoms with Crippen molar-refractivity contribution in [3.05, 3.63) is 94.0 Å². The van der Waals surface area contributed by atoms with Crippen LogP contribution in [-0.4, -0.2) is 30.1 Å². The van der Waals surface area contributed by atoms with Crippen molar-refractivity contribution in [2.45, 2.75) is 18.7 Å². The van der Waals surface area contributed by atoms with E-state index in [1.54, 1.807) is 62.4 Å². The minimum atomic E-state index is -3.39. The Morgan fingerprint density at radius 1 is 0.969 bits per heavy atom. The lowest BCUT2D eigenvalue weighted by Gasteiger charge is -2.12. The van der Waals surface area contributed by atoms with Gasteiger partial charge in [0.25, 0.3) is 11.5 Å². The Morgan fingerprint density at radius 2 is 1.66 bits per heavy atom. The van der Waals surface area contributed by atoms with Crippen molar-refractivity contribution in [2.24, 2.45) is 0 Å². The molecule has 0 fully saturated rings. The molecular weight excluding hydrogens is 426 g/mol. The second-order valence-electron chi connectivity index (χ2n) is 7.57. The molecule has 0 saturated carbocycles. The van der Waals surface area contributed by atoms with E-state index in [0.717, 1.165) is 11.8 Å². The number of anilines is 1. The predicted molar refractivity (Wildman–Crippen MR) is 124 cm³/mol. The molecule has 8 heteroatoms. The molecule has 162 valence electrons. The van der Waals surface area contributed by atoms with Gasteiger partial charge in [0, 0.05) is 17.5 Å². The number of hydrogen-bond acceptors (Lipinski definition) is 5. The highest BCUT2D eigenvalue weighted by molar-refractivity contribution is 7.90. The molecule has 32 heavy (non-hydrogen) atoms. The van der Waals surface area contributed by atoms with Gasteiger partial charge in [-0.15, -0.1) is 0 Å². The van der Waals surface area contributed by atoms with Gasteiger partial charge in [-0.1, -0.05) is 18.2 Å². The van der Waals surface area contributed by atoms with Crippen molar-refractivity contribution in [1.29, 1.82) is 0 Å². The molecule has 0 saturated heterocycles. The van der Waals surface area contributed by atoms with Gasteiger partial charge in [-0.2, -0.15) is 0 Å². The van der Waals surface area contributed by atoms with Crippen molar-refractivity contribution >= 4 is 32.3 Å². The minimum absolute atomic E-state index is 0.132. The van der Waals surface area contributed by atoms with Gasteiger partial charge < -0.3 is 5.32 Å². The maximum atomic E-state index is 13.0. The normalized spacial score (nSPS) is 11.5. The number of carbonyl (C=O) groups excluding carboxylic acids is 1. The number of benzene rings is 3. The van der Waals surface area contributed by atoms with Crippen LogP contribution in [0.15, 0.2) is 76.4 Å². The van der Waals surface area contributed by atoms with Crippen molar-refractivity contribution in [3.8, 4) is 5.69 Å². The first kappa shape index (κ1) is 21.5. The molecule has 1 aromatic heterocycles. The second-order valence-corrected chi connectivity index (χ2v) is 9.58. The third kappa shape index (κ3) is 4.04. The predicted octanol–water partition coefficient (Wildman–Crippen LogP) is 3.66. The van der Waals surface area contributed by atoms with E-state index in [1.165, 1.54) is 16.7 Å². The molecule has 0 aliphatic carbocycles. The summed E-state index contributed by atoms with van der Waals surface area (Å²) < 4.78 is 25.1. The molecule has 3 aromatic carbocycles. The van der Waals surface area contributed by atoms with Crippen molar-refractivity contribution < 1.29 is 13.2 Å². The monoisotopic (exact) mass is 447 g/mol. The molecular formula is C24H21N3O4S. The van der Waals surface area contributed by atoms with E-state index in [9.17, 15) is 18.0 Å². The molecule has 7 nitrogen and oxygen atoms in total. The Balaban J connectivity index is 1.65. The summed E-state index contributed by atoms with van der Waals surface area (Å²) in [5.74, 6) is 0.158. The summed E-state index contributed by atoms with van der Waals surface area (Å²) >= 11 is 0. The smallest absolute Gasteiger partial charge is 0.265 e. The number of nitrogens with one attached hydrogen (secondary N) is 1. The van der Waals surface area contributed by atoms with Crippen molar-refractivity contribution in [3.63, 3.8) is 0 Å². The lowest BCUT2D eigenvalue weighted by molar-refractivity contribution is 0.102. The van der Waals surface area contributed by atoms with Gasteiger partial charge in [-0.25, -0.2) is 13.4 Å². The molecule has 1 heterocycles. The summed E-state index contributed by atoms with van der Waals surface area (Å²) in [4.78, 5) is 30.3. The number of para-hydroxylation sites is 1. The van der Waals surface area contributed by atoms with E-state index < -0.39 is 9.84 Å². The Kier molecular flexibility index (Phi) is 5.40. The van der Waals surface area contributed by atoms with Crippen LogP contribution in [0.5, 0.6) is 0 Å². The Bertz CT molecular complexity index is 1520. The highest BCUT2D eigenvalue weighted by Crippen LogP contribution is 2.21. The number of aryl methyl sites for hydroxylation is 2. The summed E-state index contributed by atoms with van der Waals surface area (Å²) in [5, 5.41) is 3.28. The molecule has 4 rings (SSSR count). The van der Waals surface area contributed by atoms with Crippen LogP contribution in [0, 0.1) is 13.8 Å². The van der Waals surface area contributed by atoms with Crippen LogP contribution in [0.3, 0.4) is 0 Å². The van der Waals surface area contributed by atoms with Gasteiger partial charge >= 0.3 is 0 Å². The molecule has 0 spiro atoms. The molecule has 1 amide bonds. The quantitative estimate of drug-likeness (QED) is 0.515. The van der Waals surface area contributed by atoms with E-state index in [-0.39, 0.29) is 16.4 Å². The lowest BCUT2D eigenvalue weighted by Crippen LogP contribution is -2.22. The molecule has 0 aliphatic heterocycles. The van der Waals surface area contributed by atoms with Crippen LogP contribution in [0.4, 0.5) is 5.69 Å². The number of nitrogens with zero attached hydrogens (tertiary/aromatic N) is 2. The molecule has 0 unspecified atom stereocenters. The van der Waals surface area contributed by atoms with Gasteiger partial charge in [-0.3, -0.25) is 14.2 Å². The third-order valence-electron chi connectivity index (χ3n) is 5.22. The number of fused-ring (bicyclic) bond motifs is 1. The summed E-state index contributed by atoms with van der Waals surface area (Å²) in [7, 11) is -3.39. The zero-order chi connectivity index (χ0) is 23.0. The Labute approximate surface area is 185 Å². The second kappa shape index (κ2) is 8.05. The zero-order valence-electron chi connectivity index (χ0n) is 17.8. The van der Waals surface area contributed by atoms with E-state index in [1.807, 2.05) is 6.07 Å². The molecule has 0 bridgehead atoms. The van der Waals surface area contributed by atoms with Crippen molar-refractivity contribution in [1.82, 2.24) is 9.55 Å². The van der Waals surface area contributed by atoms with Crippen molar-refractivity contribution in [2.75, 3.05) is 11.6 Å². The van der Waals surface area contributed by atoms with Crippen LogP contribution in [0.25, 0.3) is 16.6 Å². The van der Waals surface area contributed by atoms with E-state index in [0.29, 0.717) is 33.7 Å². The van der Waals surface area contributed by atoms with Crippen LogP contribution in [-0.2, 0) is 9.84 Å². The van der Waals surface area contributed by atoms with Gasteiger partial charge in [-0.05, 0) is 67.9 Å². The van der Waals surface area contributed by atoms with Crippen LogP contribution in [0.2, 0.25) is 0 Å². The summed E-state index contributed by atoms with van der Waals surface area (Å²) in [6, 6.07) is 18.3. The third-order valence-corrected chi connectivity index (χ3v) is 6.33. The SMILES string of the molecule is Cc1ccc(S(C)(=O)=O)cc1NC(=O)c1ccc(-n2c(C)nc3ccccc3c2=O)cc1. The number of carbonyl (C=O) groups is 1. The van der Waals surface area contributed by atoms with E-state index >= 15 is 0 Å². The Morgan fingerprint density at radius 3 is 2.34 bits per heavy atom. The summed E-state index contributed by atoms with van der Waals surface area (Å²) in [6.07, 6.45) is 1.12. The first-order valence-corrected chi connectivity index (χ1v) is 11.8. The number of sulfone groups is 1. The van der Waals surface area contributed by atoms with Crippen LogP contribution < -0.4 is 10.9 Å². The number of amides is 1. The fourth-order valence-electron chi connectivity index (χ4n) is 3.47. The maximum absolute atomic E-state index is 13.0. The highest BCUT2D eigenvalue weighted by atomic mass is 32.2. The fourth-order valence-corrected chi connectivity index (χ4v) is 4.12. The van der Waals surface area contributed by atoms with Crippen LogP contribution >= 0.6 is 0 Å². The number of hydrogen-bond donors (Lipinski definition) is 1. The standard InChI is InChI=1S/C24H21N3O4S/c1-15-8-13-19(32(3,30)31)14-22(15)26-23(28)17-9-11-18(12-10-17)27-16(2)25-21-7-5-4-6-20(21)24(27)29/h4-14H,1-3H3,(H,26,28). The minimum Gasteiger partial charge on any atom is -0.322 e. The number of aromatic nitrogens is 2. The zero-order valence-corrected chi connectivity index (χ0v) is 18.6. The van der Waals surface area contributed by atoms with Crippen LogP contribution in [0.1, 0.15) is 21.7 Å². The largest absolute Gasteiger partial charge is 0.322 e. The molecule has 4 aromatic rings. The summed E-state index contributed by atoms with van der Waals surface area (Å²) in [5.41, 5.74) is 2.59. The Hall–Kier alpha value is -3.78.